The number of benzene rings is 1. The summed E-state index contributed by atoms with van der Waals surface area (Å²) in [6, 6.07) is 5.76. The fourth-order valence-corrected chi connectivity index (χ4v) is 2.47. The first-order chi connectivity index (χ1) is 8.08. The van der Waals surface area contributed by atoms with Gasteiger partial charge in [-0.25, -0.2) is 0 Å². The molecule has 0 aliphatic carbocycles. The average Bonchev–Trinajstić information content (AvgIpc) is 2.59. The Bertz CT molecular complexity index is 538. The summed E-state index contributed by atoms with van der Waals surface area (Å²) >= 11 is 8.16. The van der Waals surface area contributed by atoms with E-state index in [9.17, 15) is 0 Å². The van der Waals surface area contributed by atoms with Crippen molar-refractivity contribution >= 4 is 39.9 Å². The Labute approximate surface area is 119 Å². The predicted molar refractivity (Wildman–Crippen MR) is 77.2 cm³/mol. The first-order valence-electron chi connectivity index (χ1n) is 5.11. The maximum atomic E-state index is 5.90. The second-order valence-corrected chi connectivity index (χ2v) is 5.30. The Morgan fingerprint density at radius 2 is 2.18 bits per heavy atom. The summed E-state index contributed by atoms with van der Waals surface area (Å²) in [6.07, 6.45) is 0. The lowest BCUT2D eigenvalue weighted by atomic mass is 10.3. The summed E-state index contributed by atoms with van der Waals surface area (Å²) in [4.78, 5) is 0. The summed E-state index contributed by atoms with van der Waals surface area (Å²) in [6.45, 7) is 2.58. The van der Waals surface area contributed by atoms with Crippen molar-refractivity contribution in [1.82, 2.24) is 14.8 Å². The molecule has 90 valence electrons. The Morgan fingerprint density at radius 1 is 1.41 bits per heavy atom. The van der Waals surface area contributed by atoms with Crippen molar-refractivity contribution in [1.29, 1.82) is 0 Å². The molecule has 0 amide bonds. The first-order valence-corrected chi connectivity index (χ1v) is 6.57. The maximum absolute atomic E-state index is 5.90. The molecule has 0 aliphatic heterocycles. The lowest BCUT2D eigenvalue weighted by Gasteiger charge is -2.08. The van der Waals surface area contributed by atoms with Crippen molar-refractivity contribution in [3.8, 4) is 0 Å². The number of nitrogens with one attached hydrogen (secondary N) is 1. The molecule has 6 heteroatoms. The van der Waals surface area contributed by atoms with Gasteiger partial charge in [0, 0.05) is 21.3 Å². The highest BCUT2D eigenvalue weighted by atomic mass is 127. The van der Waals surface area contributed by atoms with Crippen LogP contribution in [0.15, 0.2) is 18.2 Å². The smallest absolute Gasteiger partial charge is 0.152 e. The minimum atomic E-state index is 0.648. The van der Waals surface area contributed by atoms with E-state index in [1.165, 1.54) is 0 Å². The molecule has 1 aromatic carbocycles. The number of hydrogen-bond donors (Lipinski definition) is 1. The molecule has 17 heavy (non-hydrogen) atoms. The first kappa shape index (κ1) is 12.6. The van der Waals surface area contributed by atoms with Gasteiger partial charge in [0.1, 0.15) is 5.82 Å². The third-order valence-corrected chi connectivity index (χ3v) is 3.68. The number of anilines is 1. The summed E-state index contributed by atoms with van der Waals surface area (Å²) in [5.74, 6) is 1.82. The van der Waals surface area contributed by atoms with E-state index in [2.05, 4.69) is 38.1 Å². The molecule has 0 saturated heterocycles. The van der Waals surface area contributed by atoms with Crippen molar-refractivity contribution in [2.75, 3.05) is 5.32 Å². The van der Waals surface area contributed by atoms with Gasteiger partial charge >= 0.3 is 0 Å². The van der Waals surface area contributed by atoms with Crippen molar-refractivity contribution in [3.05, 3.63) is 38.4 Å². The zero-order chi connectivity index (χ0) is 12.4. The standard InChI is InChI=1S/C11H12ClIN4/c1-7-15-16-11(17(7)2)6-14-10-4-3-8(12)5-9(10)13/h3-5,14H,6H2,1-2H3. The fraction of sp³-hybridized carbons (Fsp3) is 0.273. The summed E-state index contributed by atoms with van der Waals surface area (Å²) < 4.78 is 3.06. The van der Waals surface area contributed by atoms with Crippen LogP contribution >= 0.6 is 34.2 Å². The highest BCUT2D eigenvalue weighted by molar-refractivity contribution is 14.1. The molecular weight excluding hydrogens is 351 g/mol. The van der Waals surface area contributed by atoms with Gasteiger partial charge in [0.15, 0.2) is 5.82 Å². The minimum absolute atomic E-state index is 0.648. The predicted octanol–water partition coefficient (Wildman–Crippen LogP) is 2.99. The van der Waals surface area contributed by atoms with Crippen LogP contribution in [0.3, 0.4) is 0 Å². The van der Waals surface area contributed by atoms with Crippen LogP contribution in [0.1, 0.15) is 11.6 Å². The normalized spacial score (nSPS) is 10.6. The van der Waals surface area contributed by atoms with Crippen LogP contribution in [-0.4, -0.2) is 14.8 Å². The molecule has 2 aromatic rings. The van der Waals surface area contributed by atoms with E-state index in [4.69, 9.17) is 11.6 Å². The molecule has 0 fully saturated rings. The number of hydrogen-bond acceptors (Lipinski definition) is 3. The third-order valence-electron chi connectivity index (χ3n) is 2.55. The van der Waals surface area contributed by atoms with Crippen molar-refractivity contribution < 1.29 is 0 Å². The van der Waals surface area contributed by atoms with Crippen LogP contribution in [0, 0.1) is 10.5 Å². The van der Waals surface area contributed by atoms with Gasteiger partial charge in [-0.3, -0.25) is 0 Å². The molecule has 0 unspecified atom stereocenters. The SMILES string of the molecule is Cc1nnc(CNc2ccc(Cl)cc2I)n1C. The van der Waals surface area contributed by atoms with Crippen LogP contribution in [0.25, 0.3) is 0 Å². The van der Waals surface area contributed by atoms with E-state index in [0.29, 0.717) is 6.54 Å². The number of nitrogens with zero attached hydrogens (tertiary/aromatic N) is 3. The molecule has 0 atom stereocenters. The van der Waals surface area contributed by atoms with Crippen molar-refractivity contribution in [2.24, 2.45) is 7.05 Å². The molecule has 1 aromatic heterocycles. The summed E-state index contributed by atoms with van der Waals surface area (Å²) in [5.41, 5.74) is 1.05. The topological polar surface area (TPSA) is 42.7 Å². The van der Waals surface area contributed by atoms with Gasteiger partial charge in [-0.15, -0.1) is 10.2 Å². The zero-order valence-corrected chi connectivity index (χ0v) is 12.5. The molecular formula is C11H12ClIN4. The number of aryl methyl sites for hydroxylation is 1. The van der Waals surface area contributed by atoms with Gasteiger partial charge in [0.05, 0.1) is 6.54 Å². The second kappa shape index (κ2) is 5.22. The van der Waals surface area contributed by atoms with E-state index in [-0.39, 0.29) is 0 Å². The molecule has 4 nitrogen and oxygen atoms in total. The lowest BCUT2D eigenvalue weighted by molar-refractivity contribution is 0.789. The van der Waals surface area contributed by atoms with Gasteiger partial charge in [0.25, 0.3) is 0 Å². The summed E-state index contributed by atoms with van der Waals surface area (Å²) in [7, 11) is 1.96. The fourth-order valence-electron chi connectivity index (χ4n) is 1.41. The molecule has 1 N–H and O–H groups in total. The molecule has 0 saturated carbocycles. The van der Waals surface area contributed by atoms with Crippen LogP contribution < -0.4 is 5.32 Å². The van der Waals surface area contributed by atoms with Gasteiger partial charge < -0.3 is 9.88 Å². The van der Waals surface area contributed by atoms with Crippen LogP contribution in [-0.2, 0) is 13.6 Å². The van der Waals surface area contributed by atoms with E-state index in [0.717, 1.165) is 25.9 Å². The van der Waals surface area contributed by atoms with Gasteiger partial charge in [-0.05, 0) is 47.7 Å². The maximum Gasteiger partial charge on any atom is 0.152 e. The molecule has 0 bridgehead atoms. The van der Waals surface area contributed by atoms with Gasteiger partial charge in [0.2, 0.25) is 0 Å². The lowest BCUT2D eigenvalue weighted by Crippen LogP contribution is -2.07. The Balaban J connectivity index is 2.10. The van der Waals surface area contributed by atoms with Gasteiger partial charge in [-0.2, -0.15) is 0 Å². The highest BCUT2D eigenvalue weighted by Gasteiger charge is 2.05. The number of rotatable bonds is 3. The second-order valence-electron chi connectivity index (χ2n) is 3.70. The van der Waals surface area contributed by atoms with E-state index >= 15 is 0 Å². The molecule has 0 aliphatic rings. The Hall–Kier alpha value is -0.820. The molecule has 0 radical (unpaired) electrons. The average molecular weight is 363 g/mol. The van der Waals surface area contributed by atoms with E-state index < -0.39 is 0 Å². The van der Waals surface area contributed by atoms with Gasteiger partial charge in [-0.1, -0.05) is 11.6 Å². The van der Waals surface area contributed by atoms with Crippen LogP contribution in [0.2, 0.25) is 5.02 Å². The van der Waals surface area contributed by atoms with Crippen molar-refractivity contribution in [2.45, 2.75) is 13.5 Å². The highest BCUT2D eigenvalue weighted by Crippen LogP contribution is 2.22. The van der Waals surface area contributed by atoms with Crippen molar-refractivity contribution in [3.63, 3.8) is 0 Å². The minimum Gasteiger partial charge on any atom is -0.377 e. The third kappa shape index (κ3) is 2.90. The molecule has 0 spiro atoms. The Kier molecular flexibility index (Phi) is 3.88. The number of aromatic nitrogens is 3. The van der Waals surface area contributed by atoms with Crippen LogP contribution in [0.4, 0.5) is 5.69 Å². The van der Waals surface area contributed by atoms with E-state index in [1.54, 1.807) is 0 Å². The zero-order valence-electron chi connectivity index (χ0n) is 9.54. The monoisotopic (exact) mass is 362 g/mol. The summed E-state index contributed by atoms with van der Waals surface area (Å²) in [5, 5.41) is 12.2. The molecule has 1 heterocycles. The number of halogens is 2. The van der Waals surface area contributed by atoms with Crippen LogP contribution in [0.5, 0.6) is 0 Å². The largest absolute Gasteiger partial charge is 0.377 e. The quantitative estimate of drug-likeness (QED) is 0.854. The molecule has 2 rings (SSSR count). The Morgan fingerprint density at radius 3 is 2.76 bits per heavy atom. The van der Waals surface area contributed by atoms with E-state index in [1.807, 2.05) is 36.7 Å².